The smallest absolute Gasteiger partial charge is 0.113 e. The summed E-state index contributed by atoms with van der Waals surface area (Å²) in [6, 6.07) is 13.9. The van der Waals surface area contributed by atoms with Gasteiger partial charge >= 0.3 is 0 Å². The van der Waals surface area contributed by atoms with Gasteiger partial charge in [-0.1, -0.05) is 37.3 Å². The molecule has 78 valence electrons. The highest BCUT2D eigenvalue weighted by Crippen LogP contribution is 2.28. The lowest BCUT2D eigenvalue weighted by molar-refractivity contribution is 0.224. The molecular weight excluding hydrogens is 204 g/mol. The Morgan fingerprint density at radius 3 is 2.47 bits per heavy atom. The summed E-state index contributed by atoms with van der Waals surface area (Å²) >= 11 is 1.69. The number of benzene rings is 1. The molecule has 1 nitrogen and oxygen atoms in total. The van der Waals surface area contributed by atoms with Crippen molar-refractivity contribution in [1.29, 1.82) is 0 Å². The molecular formula is C13H14OS. The molecule has 2 rings (SSSR count). The molecule has 2 aromatic rings. The van der Waals surface area contributed by atoms with Gasteiger partial charge in [-0.2, -0.15) is 0 Å². The van der Waals surface area contributed by atoms with Crippen LogP contribution in [0.25, 0.3) is 0 Å². The Balaban J connectivity index is 2.24. The highest BCUT2D eigenvalue weighted by molar-refractivity contribution is 7.12. The first-order valence-electron chi connectivity index (χ1n) is 5.13. The summed E-state index contributed by atoms with van der Waals surface area (Å²) in [5.41, 5.74) is 0.960. The summed E-state index contributed by atoms with van der Waals surface area (Å²) in [7, 11) is 0. The third kappa shape index (κ3) is 2.28. The molecule has 0 aliphatic heterocycles. The lowest BCUT2D eigenvalue weighted by atomic mass is 10.1. The Morgan fingerprint density at radius 1 is 1.13 bits per heavy atom. The fraction of sp³-hybridized carbons (Fsp3) is 0.231. The molecule has 0 saturated heterocycles. The highest BCUT2D eigenvalue weighted by Gasteiger charge is 2.11. The quantitative estimate of drug-likeness (QED) is 0.837. The lowest BCUT2D eigenvalue weighted by Crippen LogP contribution is -1.95. The van der Waals surface area contributed by atoms with E-state index in [2.05, 4.69) is 13.0 Å². The third-order valence-corrected chi connectivity index (χ3v) is 3.70. The standard InChI is InChI=1S/C13H14OS/c1-2-11-8-9-12(15-11)13(14)10-6-4-3-5-7-10/h3-9,13-14H,2H2,1H3. The van der Waals surface area contributed by atoms with Crippen molar-refractivity contribution in [3.05, 3.63) is 57.8 Å². The summed E-state index contributed by atoms with van der Waals surface area (Å²) in [5, 5.41) is 10.1. The molecule has 0 aliphatic carbocycles. The maximum absolute atomic E-state index is 10.1. The van der Waals surface area contributed by atoms with Crippen LogP contribution in [-0.4, -0.2) is 5.11 Å². The number of rotatable bonds is 3. The zero-order chi connectivity index (χ0) is 10.7. The van der Waals surface area contributed by atoms with Gasteiger partial charge in [-0.25, -0.2) is 0 Å². The maximum Gasteiger partial charge on any atom is 0.113 e. The van der Waals surface area contributed by atoms with Crippen molar-refractivity contribution >= 4 is 11.3 Å². The second-order valence-electron chi connectivity index (χ2n) is 3.47. The van der Waals surface area contributed by atoms with E-state index in [9.17, 15) is 5.11 Å². The lowest BCUT2D eigenvalue weighted by Gasteiger charge is -2.07. The van der Waals surface area contributed by atoms with Crippen molar-refractivity contribution in [2.45, 2.75) is 19.4 Å². The zero-order valence-electron chi connectivity index (χ0n) is 8.68. The van der Waals surface area contributed by atoms with E-state index in [1.54, 1.807) is 11.3 Å². The van der Waals surface area contributed by atoms with E-state index in [1.807, 2.05) is 36.4 Å². The van der Waals surface area contributed by atoms with E-state index >= 15 is 0 Å². The van der Waals surface area contributed by atoms with Gasteiger partial charge < -0.3 is 5.11 Å². The number of hydrogen-bond acceptors (Lipinski definition) is 2. The van der Waals surface area contributed by atoms with Crippen LogP contribution < -0.4 is 0 Å². The second-order valence-corrected chi connectivity index (χ2v) is 4.67. The topological polar surface area (TPSA) is 20.2 Å². The molecule has 0 saturated carbocycles. The molecule has 15 heavy (non-hydrogen) atoms. The molecule has 1 aromatic carbocycles. The van der Waals surface area contributed by atoms with Crippen molar-refractivity contribution in [1.82, 2.24) is 0 Å². The highest BCUT2D eigenvalue weighted by atomic mass is 32.1. The van der Waals surface area contributed by atoms with E-state index < -0.39 is 6.10 Å². The summed E-state index contributed by atoms with van der Waals surface area (Å²) < 4.78 is 0. The predicted octanol–water partition coefficient (Wildman–Crippen LogP) is 3.39. The Labute approximate surface area is 94.0 Å². The van der Waals surface area contributed by atoms with Crippen LogP contribution in [-0.2, 0) is 6.42 Å². The summed E-state index contributed by atoms with van der Waals surface area (Å²) in [6.07, 6.45) is 0.558. The molecule has 2 heteroatoms. The van der Waals surface area contributed by atoms with E-state index in [4.69, 9.17) is 0 Å². The van der Waals surface area contributed by atoms with Crippen LogP contribution in [0.15, 0.2) is 42.5 Å². The molecule has 1 N–H and O–H groups in total. The first-order valence-corrected chi connectivity index (χ1v) is 5.94. The minimum atomic E-state index is -0.475. The Morgan fingerprint density at radius 2 is 1.87 bits per heavy atom. The minimum absolute atomic E-state index is 0.475. The van der Waals surface area contributed by atoms with Crippen LogP contribution in [0.5, 0.6) is 0 Å². The molecule has 0 radical (unpaired) electrons. The second kappa shape index (κ2) is 4.60. The normalized spacial score (nSPS) is 12.7. The summed E-state index contributed by atoms with van der Waals surface area (Å²) in [5.74, 6) is 0. The average molecular weight is 218 g/mol. The van der Waals surface area contributed by atoms with Crippen molar-refractivity contribution in [3.63, 3.8) is 0 Å². The van der Waals surface area contributed by atoms with E-state index in [0.29, 0.717) is 0 Å². The van der Waals surface area contributed by atoms with E-state index in [1.165, 1.54) is 4.88 Å². The zero-order valence-corrected chi connectivity index (χ0v) is 9.50. The van der Waals surface area contributed by atoms with Crippen molar-refractivity contribution in [2.24, 2.45) is 0 Å². The fourth-order valence-electron chi connectivity index (χ4n) is 1.53. The monoisotopic (exact) mass is 218 g/mol. The first-order chi connectivity index (χ1) is 7.31. The Hall–Kier alpha value is -1.12. The predicted molar refractivity (Wildman–Crippen MR) is 64.2 cm³/mol. The molecule has 1 unspecified atom stereocenters. The fourth-order valence-corrected chi connectivity index (χ4v) is 2.50. The van der Waals surface area contributed by atoms with Crippen LogP contribution in [0.1, 0.15) is 28.3 Å². The maximum atomic E-state index is 10.1. The van der Waals surface area contributed by atoms with Crippen molar-refractivity contribution in [3.8, 4) is 0 Å². The molecule has 0 fully saturated rings. The van der Waals surface area contributed by atoms with Crippen LogP contribution in [0.2, 0.25) is 0 Å². The van der Waals surface area contributed by atoms with Gasteiger partial charge in [0, 0.05) is 9.75 Å². The molecule has 1 heterocycles. The number of aliphatic hydroxyl groups excluding tert-OH is 1. The van der Waals surface area contributed by atoms with Gasteiger partial charge in [-0.3, -0.25) is 0 Å². The molecule has 0 spiro atoms. The first kappa shape index (κ1) is 10.4. The van der Waals surface area contributed by atoms with Gasteiger partial charge in [0.15, 0.2) is 0 Å². The van der Waals surface area contributed by atoms with Crippen LogP contribution in [0.4, 0.5) is 0 Å². The van der Waals surface area contributed by atoms with Crippen molar-refractivity contribution < 1.29 is 5.11 Å². The van der Waals surface area contributed by atoms with Crippen LogP contribution >= 0.6 is 11.3 Å². The molecule has 0 bridgehead atoms. The van der Waals surface area contributed by atoms with Crippen molar-refractivity contribution in [2.75, 3.05) is 0 Å². The SMILES string of the molecule is CCc1ccc(C(O)c2ccccc2)s1. The summed E-state index contributed by atoms with van der Waals surface area (Å²) in [6.45, 7) is 2.13. The van der Waals surface area contributed by atoms with Crippen LogP contribution in [0.3, 0.4) is 0 Å². The largest absolute Gasteiger partial charge is 0.383 e. The van der Waals surface area contributed by atoms with Gasteiger partial charge in [0.2, 0.25) is 0 Å². The van der Waals surface area contributed by atoms with Gasteiger partial charge in [0.1, 0.15) is 6.10 Å². The number of aliphatic hydroxyl groups is 1. The minimum Gasteiger partial charge on any atom is -0.383 e. The number of hydrogen-bond donors (Lipinski definition) is 1. The van der Waals surface area contributed by atoms with Gasteiger partial charge in [0.05, 0.1) is 0 Å². The number of aryl methyl sites for hydroxylation is 1. The Bertz CT molecular complexity index is 419. The number of thiophene rings is 1. The molecule has 0 aliphatic rings. The average Bonchev–Trinajstić information content (AvgIpc) is 2.78. The van der Waals surface area contributed by atoms with Gasteiger partial charge in [-0.15, -0.1) is 11.3 Å². The van der Waals surface area contributed by atoms with Gasteiger partial charge in [-0.05, 0) is 24.1 Å². The third-order valence-electron chi connectivity index (χ3n) is 2.42. The van der Waals surface area contributed by atoms with Crippen LogP contribution in [0, 0.1) is 0 Å². The van der Waals surface area contributed by atoms with Gasteiger partial charge in [0.25, 0.3) is 0 Å². The summed E-state index contributed by atoms with van der Waals surface area (Å²) in [4.78, 5) is 2.35. The molecule has 1 atom stereocenters. The molecule has 1 aromatic heterocycles. The van der Waals surface area contributed by atoms with E-state index in [0.717, 1.165) is 16.9 Å². The van der Waals surface area contributed by atoms with E-state index in [-0.39, 0.29) is 0 Å². The molecule has 0 amide bonds. The Kier molecular flexibility index (Phi) is 3.19.